The maximum atomic E-state index is 13.1. The second kappa shape index (κ2) is 8.29. The number of imidazole rings is 1. The number of aromatic nitrogens is 3. The van der Waals surface area contributed by atoms with Crippen molar-refractivity contribution in [3.63, 3.8) is 0 Å². The molecule has 2 saturated heterocycles. The minimum absolute atomic E-state index is 0.0728. The average molecular weight is 442 g/mol. The van der Waals surface area contributed by atoms with E-state index in [1.54, 1.807) is 10.4 Å². The third kappa shape index (κ3) is 4.19. The van der Waals surface area contributed by atoms with Crippen LogP contribution < -0.4 is 5.32 Å². The zero-order valence-electron chi connectivity index (χ0n) is 16.2. The van der Waals surface area contributed by atoms with Crippen LogP contribution in [0.3, 0.4) is 0 Å². The molecule has 2 aromatic rings. The maximum Gasteiger partial charge on any atom is 0.217 e. The van der Waals surface area contributed by atoms with Crippen molar-refractivity contribution in [1.29, 1.82) is 0 Å². The summed E-state index contributed by atoms with van der Waals surface area (Å²) in [6, 6.07) is 2.87. The third-order valence-corrected chi connectivity index (χ3v) is 8.61. The van der Waals surface area contributed by atoms with E-state index in [1.165, 1.54) is 6.07 Å². The highest BCUT2D eigenvalue weighted by Gasteiger charge is 2.39. The summed E-state index contributed by atoms with van der Waals surface area (Å²) < 4.78 is 40.8. The Morgan fingerprint density at radius 3 is 2.66 bits per heavy atom. The van der Waals surface area contributed by atoms with Crippen molar-refractivity contribution in [3.8, 4) is 11.5 Å². The highest BCUT2D eigenvalue weighted by molar-refractivity contribution is 7.89. The van der Waals surface area contributed by atoms with E-state index >= 15 is 0 Å². The van der Waals surface area contributed by atoms with E-state index < -0.39 is 15.8 Å². The molecule has 0 spiro atoms. The smallest absolute Gasteiger partial charge is 0.217 e. The Balaban J connectivity index is 1.50. The third-order valence-electron chi connectivity index (χ3n) is 5.96. The number of hydrogen-bond acceptors (Lipinski definition) is 5. The molecule has 0 unspecified atom stereocenters. The first-order valence-corrected chi connectivity index (χ1v) is 11.8. The van der Waals surface area contributed by atoms with E-state index in [9.17, 15) is 12.8 Å². The van der Waals surface area contributed by atoms with Crippen LogP contribution in [0.5, 0.6) is 0 Å². The fraction of sp³-hybridized carbons (Fsp3) is 0.579. The summed E-state index contributed by atoms with van der Waals surface area (Å²) in [7, 11) is -3.29. The molecule has 0 radical (unpaired) electrons. The molecule has 158 valence electrons. The fourth-order valence-corrected chi connectivity index (χ4v) is 6.65. The number of sulfonamides is 1. The average Bonchev–Trinajstić information content (AvgIpc) is 3.10. The molecule has 0 saturated carbocycles. The Bertz CT molecular complexity index is 959. The standard InChI is InChI=1S/C19H25ClFN5O2S/c1-12-11-26(29(27,28)14-4-7-22-8-5-14)9-6-15(12)17-18(20)25-19(24-17)16-3-2-13(21)10-23-16/h2-3,10,12,14-15,22H,4-9,11H2,1H3,(H,24,25)/t12-,15+/m0/s1. The van der Waals surface area contributed by atoms with Crippen molar-refractivity contribution >= 4 is 21.6 Å². The SMILES string of the molecule is C[C@H]1CN(S(=O)(=O)C2CCNCC2)CC[C@H]1c1[nH]c(-c2ccc(F)cn2)nc1Cl. The van der Waals surface area contributed by atoms with E-state index in [0.29, 0.717) is 49.0 Å². The molecule has 7 nitrogen and oxygen atoms in total. The van der Waals surface area contributed by atoms with Gasteiger partial charge in [-0.25, -0.2) is 27.1 Å². The highest BCUT2D eigenvalue weighted by atomic mass is 35.5. The monoisotopic (exact) mass is 441 g/mol. The van der Waals surface area contributed by atoms with Crippen molar-refractivity contribution in [1.82, 2.24) is 24.6 Å². The highest BCUT2D eigenvalue weighted by Crippen LogP contribution is 2.38. The number of piperidine rings is 2. The van der Waals surface area contributed by atoms with Crippen LogP contribution in [-0.4, -0.2) is 59.1 Å². The first-order chi connectivity index (χ1) is 13.9. The van der Waals surface area contributed by atoms with Crippen LogP contribution in [0.25, 0.3) is 11.5 Å². The molecule has 2 aliphatic heterocycles. The van der Waals surface area contributed by atoms with Crippen molar-refractivity contribution in [2.75, 3.05) is 26.2 Å². The quantitative estimate of drug-likeness (QED) is 0.761. The summed E-state index contributed by atoms with van der Waals surface area (Å²) in [6.45, 7) is 4.48. The number of nitrogens with one attached hydrogen (secondary N) is 2. The van der Waals surface area contributed by atoms with Gasteiger partial charge in [0.05, 0.1) is 17.1 Å². The Morgan fingerprint density at radius 1 is 1.24 bits per heavy atom. The van der Waals surface area contributed by atoms with Crippen LogP contribution in [-0.2, 0) is 10.0 Å². The Labute approximate surface area is 175 Å². The molecule has 0 bridgehead atoms. The summed E-state index contributed by atoms with van der Waals surface area (Å²) >= 11 is 6.39. The Hall–Kier alpha value is -1.55. The molecule has 0 aromatic carbocycles. The van der Waals surface area contributed by atoms with Crippen LogP contribution >= 0.6 is 11.6 Å². The largest absolute Gasteiger partial charge is 0.339 e. The normalized spacial score (nSPS) is 24.7. The molecule has 4 heterocycles. The Morgan fingerprint density at radius 2 is 2.00 bits per heavy atom. The van der Waals surface area contributed by atoms with Crippen LogP contribution in [0.15, 0.2) is 18.3 Å². The molecule has 4 rings (SSSR count). The van der Waals surface area contributed by atoms with Gasteiger partial charge in [-0.15, -0.1) is 0 Å². The summed E-state index contributed by atoms with van der Waals surface area (Å²) in [5.41, 5.74) is 1.30. The fourth-order valence-electron chi connectivity index (χ4n) is 4.32. The van der Waals surface area contributed by atoms with Gasteiger partial charge in [0.25, 0.3) is 0 Å². The van der Waals surface area contributed by atoms with Gasteiger partial charge in [0.15, 0.2) is 11.0 Å². The van der Waals surface area contributed by atoms with Crippen LogP contribution in [0.4, 0.5) is 4.39 Å². The molecule has 0 aliphatic carbocycles. The van der Waals surface area contributed by atoms with Crippen LogP contribution in [0, 0.1) is 11.7 Å². The molecule has 10 heteroatoms. The topological polar surface area (TPSA) is 91.0 Å². The number of hydrogen-bond donors (Lipinski definition) is 2. The molecular formula is C19H25ClFN5O2S. The van der Waals surface area contributed by atoms with Gasteiger partial charge in [0.1, 0.15) is 11.5 Å². The zero-order valence-corrected chi connectivity index (χ0v) is 17.8. The lowest BCUT2D eigenvalue weighted by Gasteiger charge is -2.38. The van der Waals surface area contributed by atoms with Gasteiger partial charge >= 0.3 is 0 Å². The summed E-state index contributed by atoms with van der Waals surface area (Å²) in [5.74, 6) is 0.237. The molecule has 29 heavy (non-hydrogen) atoms. The number of aromatic amines is 1. The lowest BCUT2D eigenvalue weighted by molar-refractivity contribution is 0.242. The van der Waals surface area contributed by atoms with Gasteiger partial charge < -0.3 is 10.3 Å². The first-order valence-electron chi connectivity index (χ1n) is 9.93. The van der Waals surface area contributed by atoms with E-state index in [-0.39, 0.29) is 17.1 Å². The van der Waals surface area contributed by atoms with E-state index in [2.05, 4.69) is 20.3 Å². The minimum atomic E-state index is -3.29. The second-order valence-corrected chi connectivity index (χ2v) is 10.4. The predicted molar refractivity (Wildman–Crippen MR) is 110 cm³/mol. The van der Waals surface area contributed by atoms with Crippen LogP contribution in [0.1, 0.15) is 37.8 Å². The van der Waals surface area contributed by atoms with Gasteiger partial charge in [-0.05, 0) is 50.4 Å². The predicted octanol–water partition coefficient (Wildman–Crippen LogP) is 2.77. The van der Waals surface area contributed by atoms with Crippen molar-refractivity contribution in [2.45, 2.75) is 37.4 Å². The van der Waals surface area contributed by atoms with Crippen molar-refractivity contribution < 1.29 is 12.8 Å². The summed E-state index contributed by atoms with van der Waals surface area (Å²) in [5, 5.41) is 3.28. The number of rotatable bonds is 4. The number of halogens is 2. The molecule has 2 aromatic heterocycles. The number of nitrogens with zero attached hydrogens (tertiary/aromatic N) is 3. The molecule has 2 fully saturated rings. The van der Waals surface area contributed by atoms with Gasteiger partial charge in [-0.3, -0.25) is 0 Å². The second-order valence-electron chi connectivity index (χ2n) is 7.88. The lowest BCUT2D eigenvalue weighted by atomic mass is 9.86. The molecule has 2 atom stereocenters. The van der Waals surface area contributed by atoms with E-state index in [0.717, 1.165) is 25.0 Å². The Kier molecular flexibility index (Phi) is 5.92. The van der Waals surface area contributed by atoms with E-state index in [1.807, 2.05) is 6.92 Å². The molecule has 2 N–H and O–H groups in total. The first kappa shape index (κ1) is 20.7. The van der Waals surface area contributed by atoms with Gasteiger partial charge in [-0.2, -0.15) is 0 Å². The zero-order chi connectivity index (χ0) is 20.6. The van der Waals surface area contributed by atoms with Gasteiger partial charge in [-0.1, -0.05) is 18.5 Å². The van der Waals surface area contributed by atoms with Crippen molar-refractivity contribution in [3.05, 3.63) is 35.0 Å². The minimum Gasteiger partial charge on any atom is -0.339 e. The molecule has 0 amide bonds. The lowest BCUT2D eigenvalue weighted by Crippen LogP contribution is -2.48. The summed E-state index contributed by atoms with van der Waals surface area (Å²) in [4.78, 5) is 11.6. The maximum absolute atomic E-state index is 13.1. The van der Waals surface area contributed by atoms with Gasteiger partial charge in [0.2, 0.25) is 10.0 Å². The van der Waals surface area contributed by atoms with E-state index in [4.69, 9.17) is 11.6 Å². The number of pyridine rings is 1. The van der Waals surface area contributed by atoms with Crippen LogP contribution in [0.2, 0.25) is 5.15 Å². The van der Waals surface area contributed by atoms with Crippen molar-refractivity contribution in [2.24, 2.45) is 5.92 Å². The molecular weight excluding hydrogens is 417 g/mol. The molecule has 2 aliphatic rings. The van der Waals surface area contributed by atoms with Gasteiger partial charge in [0, 0.05) is 19.0 Å². The number of H-pyrrole nitrogens is 1. The summed E-state index contributed by atoms with van der Waals surface area (Å²) in [6.07, 6.45) is 3.13.